The third-order valence-electron chi connectivity index (χ3n) is 3.47. The Morgan fingerprint density at radius 2 is 2.19 bits per heavy atom. The lowest BCUT2D eigenvalue weighted by molar-refractivity contribution is -0.116. The normalized spacial score (nSPS) is 12.0. The molecule has 0 saturated heterocycles. The number of benzene rings is 1. The Bertz CT molecular complexity index is 499. The van der Waals surface area contributed by atoms with Gasteiger partial charge in [0.1, 0.15) is 6.07 Å². The molecule has 0 aromatic heterocycles. The van der Waals surface area contributed by atoms with Crippen LogP contribution in [0.5, 0.6) is 0 Å². The molecule has 0 heterocycles. The molecule has 0 radical (unpaired) electrons. The number of hydrogen-bond acceptors (Lipinski definition) is 4. The van der Waals surface area contributed by atoms with E-state index in [4.69, 9.17) is 5.26 Å². The number of anilines is 1. The molecule has 0 aliphatic rings. The van der Waals surface area contributed by atoms with E-state index in [1.165, 1.54) is 0 Å². The van der Waals surface area contributed by atoms with Crippen molar-refractivity contribution >= 4 is 23.4 Å². The van der Waals surface area contributed by atoms with Crippen LogP contribution in [0.1, 0.15) is 25.3 Å². The molecule has 114 valence electrons. The number of carbonyl (C=O) groups excluding carboxylic acids is 1. The Morgan fingerprint density at radius 3 is 2.81 bits per heavy atom. The number of thioether (sulfide) groups is 1. The number of nitriles is 1. The molecule has 0 aliphatic carbocycles. The molecule has 5 heteroatoms. The fourth-order valence-corrected chi connectivity index (χ4v) is 2.99. The first kappa shape index (κ1) is 17.5. The molecule has 1 amide bonds. The lowest BCUT2D eigenvalue weighted by Crippen LogP contribution is -2.35. The predicted molar refractivity (Wildman–Crippen MR) is 89.5 cm³/mol. The number of carbonyl (C=O) groups is 1. The molecule has 0 saturated carbocycles. The minimum Gasteiger partial charge on any atom is -0.325 e. The number of amides is 1. The zero-order valence-electron chi connectivity index (χ0n) is 12.9. The number of nitrogens with one attached hydrogen (secondary N) is 1. The average molecular weight is 305 g/mol. The van der Waals surface area contributed by atoms with E-state index in [0.717, 1.165) is 18.7 Å². The number of nitrogens with zero attached hydrogens (tertiary/aromatic N) is 2. The van der Waals surface area contributed by atoms with Crippen molar-refractivity contribution in [3.05, 3.63) is 29.8 Å². The van der Waals surface area contributed by atoms with Gasteiger partial charge in [-0.2, -0.15) is 17.0 Å². The smallest absolute Gasteiger partial charge is 0.225 e. The van der Waals surface area contributed by atoms with Crippen molar-refractivity contribution in [2.45, 2.75) is 25.8 Å². The monoisotopic (exact) mass is 305 g/mol. The van der Waals surface area contributed by atoms with Gasteiger partial charge < -0.3 is 10.2 Å². The van der Waals surface area contributed by atoms with Gasteiger partial charge >= 0.3 is 0 Å². The minimum atomic E-state index is -0.0523. The Morgan fingerprint density at radius 1 is 1.48 bits per heavy atom. The van der Waals surface area contributed by atoms with Crippen molar-refractivity contribution in [2.24, 2.45) is 0 Å². The summed E-state index contributed by atoms with van der Waals surface area (Å²) in [5, 5.41) is 11.8. The van der Waals surface area contributed by atoms with Gasteiger partial charge in [0, 0.05) is 24.8 Å². The summed E-state index contributed by atoms with van der Waals surface area (Å²) in [4.78, 5) is 14.2. The highest BCUT2D eigenvalue weighted by molar-refractivity contribution is 7.98. The van der Waals surface area contributed by atoms with Crippen LogP contribution in [0.3, 0.4) is 0 Å². The summed E-state index contributed by atoms with van der Waals surface area (Å²) in [6, 6.07) is 9.64. The molecule has 1 rings (SSSR count). The maximum Gasteiger partial charge on any atom is 0.225 e. The molecule has 1 N–H and O–H groups in total. The molecule has 0 fully saturated rings. The van der Waals surface area contributed by atoms with Gasteiger partial charge in [0.2, 0.25) is 5.91 Å². The highest BCUT2D eigenvalue weighted by Crippen LogP contribution is 2.14. The average Bonchev–Trinajstić information content (AvgIpc) is 2.50. The summed E-state index contributed by atoms with van der Waals surface area (Å²) in [5.74, 6) is 1.02. The zero-order chi connectivity index (χ0) is 15.7. The van der Waals surface area contributed by atoms with Crippen molar-refractivity contribution in [3.8, 4) is 6.07 Å². The quantitative estimate of drug-likeness (QED) is 0.802. The first-order chi connectivity index (χ1) is 10.1. The maximum atomic E-state index is 12.0. The summed E-state index contributed by atoms with van der Waals surface area (Å²) in [7, 11) is 2.06. The minimum absolute atomic E-state index is 0.0523. The Labute approximate surface area is 131 Å². The van der Waals surface area contributed by atoms with E-state index in [9.17, 15) is 4.79 Å². The first-order valence-electron chi connectivity index (χ1n) is 7.10. The molecule has 0 bridgehead atoms. The van der Waals surface area contributed by atoms with Crippen LogP contribution in [0.25, 0.3) is 0 Å². The summed E-state index contributed by atoms with van der Waals surface area (Å²) < 4.78 is 0. The molecular weight excluding hydrogens is 282 g/mol. The SMILES string of the molecule is CCC(CSC)N(C)CCC(=O)Nc1ccccc1C#N. The second-order valence-electron chi connectivity index (χ2n) is 4.95. The van der Waals surface area contributed by atoms with E-state index in [0.29, 0.717) is 23.7 Å². The number of hydrogen-bond donors (Lipinski definition) is 1. The Kier molecular flexibility index (Phi) is 7.88. The van der Waals surface area contributed by atoms with E-state index in [1.807, 2.05) is 17.8 Å². The maximum absolute atomic E-state index is 12.0. The first-order valence-corrected chi connectivity index (χ1v) is 8.49. The fourth-order valence-electron chi connectivity index (χ4n) is 2.11. The molecule has 0 spiro atoms. The number of rotatable bonds is 8. The van der Waals surface area contributed by atoms with Crippen molar-refractivity contribution in [1.29, 1.82) is 5.26 Å². The van der Waals surface area contributed by atoms with Crippen LogP contribution >= 0.6 is 11.8 Å². The van der Waals surface area contributed by atoms with Gasteiger partial charge in [-0.3, -0.25) is 4.79 Å². The topological polar surface area (TPSA) is 56.1 Å². The standard InChI is InChI=1S/C16H23N3OS/c1-4-14(12-21-3)19(2)10-9-16(20)18-15-8-6-5-7-13(15)11-17/h5-8,14H,4,9-10,12H2,1-3H3,(H,18,20). The van der Waals surface area contributed by atoms with Crippen molar-refractivity contribution in [2.75, 3.05) is 30.9 Å². The summed E-state index contributed by atoms with van der Waals surface area (Å²) in [6.07, 6.45) is 3.61. The van der Waals surface area contributed by atoms with Crippen LogP contribution in [0, 0.1) is 11.3 Å². The van der Waals surface area contributed by atoms with Crippen LogP contribution in [0.4, 0.5) is 5.69 Å². The third-order valence-corrected chi connectivity index (χ3v) is 4.18. The highest BCUT2D eigenvalue weighted by atomic mass is 32.2. The summed E-state index contributed by atoms with van der Waals surface area (Å²) in [5.41, 5.74) is 1.08. The van der Waals surface area contributed by atoms with E-state index >= 15 is 0 Å². The Balaban J connectivity index is 2.49. The molecule has 4 nitrogen and oxygen atoms in total. The molecule has 1 unspecified atom stereocenters. The second-order valence-corrected chi connectivity index (χ2v) is 5.86. The highest BCUT2D eigenvalue weighted by Gasteiger charge is 2.13. The zero-order valence-corrected chi connectivity index (χ0v) is 13.7. The summed E-state index contributed by atoms with van der Waals surface area (Å²) >= 11 is 1.83. The van der Waals surface area contributed by atoms with Gasteiger partial charge in [-0.25, -0.2) is 0 Å². The second kappa shape index (κ2) is 9.43. The molecule has 1 aromatic carbocycles. The molecule has 0 aliphatic heterocycles. The van der Waals surface area contributed by atoms with Gasteiger partial charge in [-0.1, -0.05) is 19.1 Å². The van der Waals surface area contributed by atoms with E-state index < -0.39 is 0 Å². The molecule has 1 atom stereocenters. The van der Waals surface area contributed by atoms with Gasteiger partial charge in [0.15, 0.2) is 0 Å². The van der Waals surface area contributed by atoms with E-state index in [1.54, 1.807) is 18.2 Å². The predicted octanol–water partition coefficient (Wildman–Crippen LogP) is 2.96. The third kappa shape index (κ3) is 5.78. The van der Waals surface area contributed by atoms with E-state index in [2.05, 4.69) is 36.5 Å². The summed E-state index contributed by atoms with van der Waals surface area (Å²) in [6.45, 7) is 2.89. The lowest BCUT2D eigenvalue weighted by atomic mass is 10.2. The largest absolute Gasteiger partial charge is 0.325 e. The van der Waals surface area contributed by atoms with Crippen molar-refractivity contribution in [3.63, 3.8) is 0 Å². The van der Waals surface area contributed by atoms with Crippen LogP contribution < -0.4 is 5.32 Å². The number of para-hydroxylation sites is 1. The van der Waals surface area contributed by atoms with Gasteiger partial charge in [0.05, 0.1) is 11.3 Å². The van der Waals surface area contributed by atoms with Gasteiger partial charge in [-0.05, 0) is 31.9 Å². The van der Waals surface area contributed by atoms with Crippen LogP contribution in [-0.4, -0.2) is 42.4 Å². The Hall–Kier alpha value is -1.51. The molecule has 1 aromatic rings. The van der Waals surface area contributed by atoms with Crippen LogP contribution in [0.2, 0.25) is 0 Å². The van der Waals surface area contributed by atoms with Crippen molar-refractivity contribution < 1.29 is 4.79 Å². The van der Waals surface area contributed by atoms with E-state index in [-0.39, 0.29) is 5.91 Å². The molecular formula is C16H23N3OS. The fraction of sp³-hybridized carbons (Fsp3) is 0.500. The van der Waals surface area contributed by atoms with Crippen LogP contribution in [0.15, 0.2) is 24.3 Å². The van der Waals surface area contributed by atoms with Crippen LogP contribution in [-0.2, 0) is 4.79 Å². The van der Waals surface area contributed by atoms with Gasteiger partial charge in [-0.15, -0.1) is 0 Å². The van der Waals surface area contributed by atoms with Crippen molar-refractivity contribution in [1.82, 2.24) is 4.90 Å². The molecule has 21 heavy (non-hydrogen) atoms. The lowest BCUT2D eigenvalue weighted by Gasteiger charge is -2.26. The van der Waals surface area contributed by atoms with Gasteiger partial charge in [0.25, 0.3) is 0 Å².